The minimum atomic E-state index is -4.72. The zero-order chi connectivity index (χ0) is 24.3. The Morgan fingerprint density at radius 2 is 1.64 bits per heavy atom. The van der Waals surface area contributed by atoms with Gasteiger partial charge in [-0.05, 0) is 61.0 Å². The third kappa shape index (κ3) is 5.76. The molecule has 0 spiro atoms. The Hall–Kier alpha value is -4.15. The first-order valence-corrected chi connectivity index (χ1v) is 9.17. The molecule has 0 atom stereocenters. The highest BCUT2D eigenvalue weighted by atomic mass is 19.4. The summed E-state index contributed by atoms with van der Waals surface area (Å²) in [7, 11) is 0. The fraction of sp³-hybridized carbons (Fsp3) is 0.0909. The van der Waals surface area contributed by atoms with Gasteiger partial charge in [0.1, 0.15) is 17.3 Å². The van der Waals surface area contributed by atoms with E-state index in [1.165, 1.54) is 13.0 Å². The number of ether oxygens (including phenoxy) is 2. The van der Waals surface area contributed by atoms with Crippen LogP contribution in [-0.2, 0) is 6.18 Å². The van der Waals surface area contributed by atoms with Gasteiger partial charge in [0.05, 0.1) is 11.1 Å². The third-order valence-corrected chi connectivity index (χ3v) is 4.31. The Balaban J connectivity index is 1.97. The van der Waals surface area contributed by atoms with Crippen LogP contribution in [0.5, 0.6) is 17.2 Å². The van der Waals surface area contributed by atoms with Crippen LogP contribution in [0.15, 0.2) is 54.6 Å². The van der Waals surface area contributed by atoms with Gasteiger partial charge in [0.25, 0.3) is 5.91 Å². The summed E-state index contributed by atoms with van der Waals surface area (Å²) in [5.74, 6) is -3.40. The number of hydrogen-bond donors (Lipinski definition) is 2. The second kappa shape index (κ2) is 9.15. The molecule has 0 unspecified atom stereocenters. The van der Waals surface area contributed by atoms with Crippen LogP contribution in [0.25, 0.3) is 0 Å². The van der Waals surface area contributed by atoms with Crippen molar-refractivity contribution in [1.29, 1.82) is 0 Å². The molecule has 0 saturated carbocycles. The first kappa shape index (κ1) is 23.5. The van der Waals surface area contributed by atoms with Gasteiger partial charge in [-0.3, -0.25) is 4.79 Å². The summed E-state index contributed by atoms with van der Waals surface area (Å²) in [6.07, 6.45) is -6.01. The Bertz CT molecular complexity index is 1230. The van der Waals surface area contributed by atoms with Crippen LogP contribution in [0.1, 0.15) is 21.5 Å². The second-order valence-corrected chi connectivity index (χ2v) is 6.74. The van der Waals surface area contributed by atoms with Crippen LogP contribution in [0.4, 0.5) is 32.4 Å². The number of amides is 2. The highest BCUT2D eigenvalue weighted by Gasteiger charge is 2.32. The van der Waals surface area contributed by atoms with Gasteiger partial charge in [-0.1, -0.05) is 0 Å². The number of aryl methyl sites for hydroxylation is 1. The highest BCUT2D eigenvalue weighted by molar-refractivity contribution is 6.06. The van der Waals surface area contributed by atoms with E-state index in [0.717, 1.165) is 36.4 Å². The first-order valence-electron chi connectivity index (χ1n) is 9.17. The van der Waals surface area contributed by atoms with E-state index in [0.29, 0.717) is 12.1 Å². The molecule has 2 amide bonds. The normalized spacial score (nSPS) is 11.1. The van der Waals surface area contributed by atoms with Crippen molar-refractivity contribution in [3.63, 3.8) is 0 Å². The lowest BCUT2D eigenvalue weighted by molar-refractivity contribution is -0.137. The topological polar surface area (TPSA) is 90.7 Å². The second-order valence-electron chi connectivity index (χ2n) is 6.74. The Morgan fingerprint density at radius 1 is 0.909 bits per heavy atom. The first-order chi connectivity index (χ1) is 15.4. The Morgan fingerprint density at radius 3 is 2.27 bits per heavy atom. The molecule has 33 heavy (non-hydrogen) atoms. The van der Waals surface area contributed by atoms with Crippen molar-refractivity contribution in [2.24, 2.45) is 5.73 Å². The van der Waals surface area contributed by atoms with Gasteiger partial charge in [0.2, 0.25) is 0 Å². The molecular formula is C22H15F5N2O4. The number of halogens is 5. The number of rotatable bonds is 5. The molecule has 0 saturated heterocycles. The molecule has 0 bridgehead atoms. The van der Waals surface area contributed by atoms with E-state index in [-0.39, 0.29) is 22.6 Å². The minimum Gasteiger partial charge on any atom is -0.456 e. The van der Waals surface area contributed by atoms with Crippen molar-refractivity contribution >= 4 is 17.7 Å². The molecule has 0 aliphatic carbocycles. The van der Waals surface area contributed by atoms with Crippen molar-refractivity contribution in [2.75, 3.05) is 5.32 Å². The molecule has 0 fully saturated rings. The molecule has 0 aliphatic rings. The predicted molar refractivity (Wildman–Crippen MR) is 107 cm³/mol. The molecule has 3 N–H and O–H groups in total. The zero-order valence-corrected chi connectivity index (χ0v) is 16.8. The fourth-order valence-electron chi connectivity index (χ4n) is 2.78. The van der Waals surface area contributed by atoms with Crippen LogP contribution in [0.2, 0.25) is 0 Å². The molecule has 6 nitrogen and oxygen atoms in total. The lowest BCUT2D eigenvalue weighted by Crippen LogP contribution is -2.18. The quantitative estimate of drug-likeness (QED) is 0.466. The van der Waals surface area contributed by atoms with Gasteiger partial charge in [0.15, 0.2) is 11.6 Å². The van der Waals surface area contributed by atoms with E-state index in [4.69, 9.17) is 10.5 Å². The number of carbonyl (C=O) groups is 2. The van der Waals surface area contributed by atoms with Crippen LogP contribution in [-0.4, -0.2) is 12.0 Å². The molecule has 0 radical (unpaired) electrons. The number of primary amides is 1. The average Bonchev–Trinajstić information content (AvgIpc) is 2.71. The predicted octanol–water partition coefficient (Wildman–Crippen LogP) is 5.79. The van der Waals surface area contributed by atoms with E-state index in [2.05, 4.69) is 10.1 Å². The molecule has 0 aromatic heterocycles. The van der Waals surface area contributed by atoms with Crippen molar-refractivity contribution < 1.29 is 41.0 Å². The molecule has 3 aromatic rings. The van der Waals surface area contributed by atoms with Gasteiger partial charge >= 0.3 is 12.3 Å². The monoisotopic (exact) mass is 466 g/mol. The van der Waals surface area contributed by atoms with Crippen LogP contribution in [0, 0.1) is 18.6 Å². The summed E-state index contributed by atoms with van der Waals surface area (Å²) in [6, 6.07) is 8.57. The maximum absolute atomic E-state index is 13.7. The lowest BCUT2D eigenvalue weighted by Gasteiger charge is -2.16. The highest BCUT2D eigenvalue weighted by Crippen LogP contribution is 2.36. The fourth-order valence-corrected chi connectivity index (χ4v) is 2.78. The van der Waals surface area contributed by atoms with Gasteiger partial charge in [0, 0.05) is 11.8 Å². The Kier molecular flexibility index (Phi) is 6.52. The van der Waals surface area contributed by atoms with Crippen molar-refractivity contribution in [3.05, 3.63) is 82.9 Å². The van der Waals surface area contributed by atoms with Crippen molar-refractivity contribution in [2.45, 2.75) is 13.1 Å². The van der Waals surface area contributed by atoms with Gasteiger partial charge < -0.3 is 20.5 Å². The summed E-state index contributed by atoms with van der Waals surface area (Å²) in [5, 5.41) is 2.35. The molecule has 3 rings (SSSR count). The van der Waals surface area contributed by atoms with Gasteiger partial charge in [-0.2, -0.15) is 13.2 Å². The maximum atomic E-state index is 13.7. The Labute approximate surface area is 183 Å². The molecule has 172 valence electrons. The van der Waals surface area contributed by atoms with Crippen molar-refractivity contribution in [1.82, 2.24) is 0 Å². The summed E-state index contributed by atoms with van der Waals surface area (Å²) < 4.78 is 76.7. The van der Waals surface area contributed by atoms with E-state index in [9.17, 15) is 31.5 Å². The minimum absolute atomic E-state index is 0.0312. The number of hydrogen-bond acceptors (Lipinski definition) is 4. The zero-order valence-electron chi connectivity index (χ0n) is 16.8. The number of anilines is 1. The van der Waals surface area contributed by atoms with Crippen LogP contribution < -0.4 is 20.5 Å². The number of carbonyl (C=O) groups excluding carboxylic acids is 2. The summed E-state index contributed by atoms with van der Waals surface area (Å²) in [4.78, 5) is 23.7. The maximum Gasteiger partial charge on any atom is 0.416 e. The van der Waals surface area contributed by atoms with Gasteiger partial charge in [-0.15, -0.1) is 0 Å². The number of nitrogens with one attached hydrogen (secondary N) is 1. The van der Waals surface area contributed by atoms with E-state index >= 15 is 0 Å². The lowest BCUT2D eigenvalue weighted by atomic mass is 10.1. The molecule has 0 aliphatic heterocycles. The molecule has 0 heterocycles. The summed E-state index contributed by atoms with van der Waals surface area (Å²) >= 11 is 0. The van der Waals surface area contributed by atoms with E-state index < -0.39 is 46.9 Å². The number of nitrogens with two attached hydrogens (primary N) is 1. The largest absolute Gasteiger partial charge is 0.456 e. The number of alkyl halides is 3. The molecule has 3 aromatic carbocycles. The van der Waals surface area contributed by atoms with Crippen molar-refractivity contribution in [3.8, 4) is 17.2 Å². The standard InChI is InChI=1S/C22H15F5N2O4/c1-11-8-13(23)3-7-17(11)32-18-9-12(22(25,26)27)2-5-15(18)20(30)29-14-4-6-16(24)19(10-14)33-21(28)31/h2-10H,1H3,(H2,28,31)(H,29,30). The van der Waals surface area contributed by atoms with Gasteiger partial charge in [-0.25, -0.2) is 13.6 Å². The smallest absolute Gasteiger partial charge is 0.416 e. The third-order valence-electron chi connectivity index (χ3n) is 4.31. The molecule has 11 heteroatoms. The summed E-state index contributed by atoms with van der Waals surface area (Å²) in [5.41, 5.74) is 3.72. The SMILES string of the molecule is Cc1cc(F)ccc1Oc1cc(C(F)(F)F)ccc1C(=O)Nc1ccc(F)c(OC(N)=O)c1. The number of benzene rings is 3. The molecular weight excluding hydrogens is 451 g/mol. The van der Waals surface area contributed by atoms with E-state index in [1.54, 1.807) is 0 Å². The van der Waals surface area contributed by atoms with E-state index in [1.807, 2.05) is 0 Å². The van der Waals surface area contributed by atoms with Crippen LogP contribution in [0.3, 0.4) is 0 Å². The summed E-state index contributed by atoms with van der Waals surface area (Å²) in [6.45, 7) is 1.48. The average molecular weight is 466 g/mol. The van der Waals surface area contributed by atoms with Crippen LogP contribution >= 0.6 is 0 Å².